The maximum Gasteiger partial charge on any atom is 0.257 e. The molecule has 0 aliphatic heterocycles. The summed E-state index contributed by atoms with van der Waals surface area (Å²) in [7, 11) is 0. The zero-order valence-electron chi connectivity index (χ0n) is 9.32. The van der Waals surface area contributed by atoms with E-state index in [9.17, 15) is 4.79 Å². The fourth-order valence-electron chi connectivity index (χ4n) is 1.77. The Morgan fingerprint density at radius 1 is 1.62 bits per heavy atom. The Morgan fingerprint density at radius 2 is 2.38 bits per heavy atom. The Balaban J connectivity index is 2.19. The molecule has 1 heterocycles. The number of halogens is 1. The summed E-state index contributed by atoms with van der Waals surface area (Å²) < 4.78 is 0. The van der Waals surface area contributed by atoms with Crippen molar-refractivity contribution in [3.8, 4) is 0 Å². The van der Waals surface area contributed by atoms with Crippen LogP contribution >= 0.6 is 11.6 Å². The molecule has 16 heavy (non-hydrogen) atoms. The molecule has 1 aliphatic rings. The molecule has 86 valence electrons. The normalized spacial score (nSPS) is 14.9. The molecule has 1 fully saturated rings. The average Bonchev–Trinajstić information content (AvgIpc) is 3.09. The van der Waals surface area contributed by atoms with E-state index < -0.39 is 0 Å². The van der Waals surface area contributed by atoms with Crippen molar-refractivity contribution < 1.29 is 4.79 Å². The highest BCUT2D eigenvalue weighted by molar-refractivity contribution is 6.33. The van der Waals surface area contributed by atoms with Crippen LogP contribution in [0.2, 0.25) is 5.02 Å². The Morgan fingerprint density at radius 3 is 2.94 bits per heavy atom. The molecule has 0 bridgehead atoms. The van der Waals surface area contributed by atoms with Gasteiger partial charge in [0.2, 0.25) is 0 Å². The maximum absolute atomic E-state index is 12.2. The summed E-state index contributed by atoms with van der Waals surface area (Å²) in [6.07, 6.45) is 6.35. The maximum atomic E-state index is 12.2. The summed E-state index contributed by atoms with van der Waals surface area (Å²) in [5.74, 6) is 0.0162. The summed E-state index contributed by atoms with van der Waals surface area (Å²) in [5.41, 5.74) is 0.518. The van der Waals surface area contributed by atoms with Crippen LogP contribution in [0.5, 0.6) is 0 Å². The molecule has 3 nitrogen and oxygen atoms in total. The van der Waals surface area contributed by atoms with Crippen molar-refractivity contribution in [1.82, 2.24) is 9.88 Å². The van der Waals surface area contributed by atoms with Crippen molar-refractivity contribution in [3.05, 3.63) is 29.0 Å². The lowest BCUT2D eigenvalue weighted by molar-refractivity contribution is 0.0743. The first-order valence-electron chi connectivity index (χ1n) is 5.64. The van der Waals surface area contributed by atoms with Crippen molar-refractivity contribution in [2.75, 3.05) is 6.54 Å². The highest BCUT2D eigenvalue weighted by Crippen LogP contribution is 2.29. The van der Waals surface area contributed by atoms with Gasteiger partial charge in [0, 0.05) is 25.0 Å². The van der Waals surface area contributed by atoms with Crippen LogP contribution in [0.4, 0.5) is 0 Å². The van der Waals surface area contributed by atoms with Gasteiger partial charge in [0.1, 0.15) is 0 Å². The number of nitrogens with zero attached hydrogens (tertiary/aromatic N) is 2. The average molecular weight is 239 g/mol. The number of hydrogen-bond acceptors (Lipinski definition) is 2. The molecule has 0 radical (unpaired) electrons. The second-order valence-electron chi connectivity index (χ2n) is 4.09. The van der Waals surface area contributed by atoms with Gasteiger partial charge in [-0.3, -0.25) is 9.78 Å². The van der Waals surface area contributed by atoms with Crippen molar-refractivity contribution in [3.63, 3.8) is 0 Å². The molecule has 1 aromatic heterocycles. The van der Waals surface area contributed by atoms with Gasteiger partial charge in [0.05, 0.1) is 10.6 Å². The van der Waals surface area contributed by atoms with Crippen molar-refractivity contribution in [2.45, 2.75) is 32.2 Å². The van der Waals surface area contributed by atoms with E-state index in [1.54, 1.807) is 18.5 Å². The Bertz CT molecular complexity index is 390. The minimum Gasteiger partial charge on any atom is -0.336 e. The van der Waals surface area contributed by atoms with E-state index in [1.807, 2.05) is 4.90 Å². The Hall–Kier alpha value is -1.09. The molecule has 1 aromatic rings. The van der Waals surface area contributed by atoms with Crippen molar-refractivity contribution in [1.29, 1.82) is 0 Å². The predicted molar refractivity (Wildman–Crippen MR) is 63.6 cm³/mol. The van der Waals surface area contributed by atoms with Gasteiger partial charge in [-0.15, -0.1) is 0 Å². The van der Waals surface area contributed by atoms with Gasteiger partial charge in [-0.25, -0.2) is 0 Å². The van der Waals surface area contributed by atoms with Gasteiger partial charge in [-0.05, 0) is 25.3 Å². The molecule has 0 aromatic carbocycles. The number of carbonyl (C=O) groups excluding carboxylic acids is 1. The number of amides is 1. The topological polar surface area (TPSA) is 33.2 Å². The Kier molecular flexibility index (Phi) is 3.44. The quantitative estimate of drug-likeness (QED) is 0.808. The van der Waals surface area contributed by atoms with Crippen molar-refractivity contribution in [2.24, 2.45) is 0 Å². The van der Waals surface area contributed by atoms with Crippen LogP contribution in [0.1, 0.15) is 36.5 Å². The van der Waals surface area contributed by atoms with Crippen LogP contribution in [0.3, 0.4) is 0 Å². The van der Waals surface area contributed by atoms with Gasteiger partial charge >= 0.3 is 0 Å². The zero-order chi connectivity index (χ0) is 11.5. The summed E-state index contributed by atoms with van der Waals surface area (Å²) in [4.78, 5) is 18.1. The van der Waals surface area contributed by atoms with Crippen LogP contribution in [0.15, 0.2) is 18.5 Å². The molecule has 0 unspecified atom stereocenters. The first kappa shape index (κ1) is 11.4. The van der Waals surface area contributed by atoms with E-state index in [0.717, 1.165) is 25.8 Å². The zero-order valence-corrected chi connectivity index (χ0v) is 10.1. The molecule has 4 heteroatoms. The SMILES string of the molecule is CCCN(C(=O)c1cnccc1Cl)C1CC1. The van der Waals surface area contributed by atoms with Gasteiger partial charge in [0.15, 0.2) is 0 Å². The van der Waals surface area contributed by atoms with E-state index in [2.05, 4.69) is 11.9 Å². The lowest BCUT2D eigenvalue weighted by Crippen LogP contribution is -2.34. The number of pyridine rings is 1. The number of hydrogen-bond donors (Lipinski definition) is 0. The van der Waals surface area contributed by atoms with E-state index in [4.69, 9.17) is 11.6 Å². The molecule has 1 saturated carbocycles. The predicted octanol–water partition coefficient (Wildman–Crippen LogP) is 2.75. The second kappa shape index (κ2) is 4.83. The first-order chi connectivity index (χ1) is 7.74. The van der Waals surface area contributed by atoms with Crippen LogP contribution in [0, 0.1) is 0 Å². The Labute approximate surface area is 100 Å². The van der Waals surface area contributed by atoms with Crippen LogP contribution < -0.4 is 0 Å². The minimum atomic E-state index is 0.0162. The smallest absolute Gasteiger partial charge is 0.257 e. The number of rotatable bonds is 4. The molecule has 2 rings (SSSR count). The summed E-state index contributed by atoms with van der Waals surface area (Å²) in [6.45, 7) is 2.88. The fraction of sp³-hybridized carbons (Fsp3) is 0.500. The highest BCUT2D eigenvalue weighted by atomic mass is 35.5. The fourth-order valence-corrected chi connectivity index (χ4v) is 1.95. The number of carbonyl (C=O) groups is 1. The summed E-state index contributed by atoms with van der Waals surface area (Å²) in [6, 6.07) is 2.08. The van der Waals surface area contributed by atoms with E-state index in [1.165, 1.54) is 0 Å². The molecular weight excluding hydrogens is 224 g/mol. The third-order valence-electron chi connectivity index (χ3n) is 2.71. The van der Waals surface area contributed by atoms with Gasteiger partial charge in [-0.1, -0.05) is 18.5 Å². The highest BCUT2D eigenvalue weighted by Gasteiger charge is 2.33. The second-order valence-corrected chi connectivity index (χ2v) is 4.49. The van der Waals surface area contributed by atoms with Crippen LogP contribution in [-0.2, 0) is 0 Å². The lowest BCUT2D eigenvalue weighted by Gasteiger charge is -2.21. The summed E-state index contributed by atoms with van der Waals surface area (Å²) in [5, 5.41) is 0.488. The largest absolute Gasteiger partial charge is 0.336 e. The molecule has 0 saturated heterocycles. The van der Waals surface area contributed by atoms with Crippen LogP contribution in [-0.4, -0.2) is 28.4 Å². The van der Waals surface area contributed by atoms with E-state index >= 15 is 0 Å². The van der Waals surface area contributed by atoms with E-state index in [0.29, 0.717) is 16.6 Å². The van der Waals surface area contributed by atoms with Gasteiger partial charge < -0.3 is 4.90 Å². The minimum absolute atomic E-state index is 0.0162. The summed E-state index contributed by atoms with van der Waals surface area (Å²) >= 11 is 6.00. The lowest BCUT2D eigenvalue weighted by atomic mass is 10.2. The molecule has 1 aliphatic carbocycles. The van der Waals surface area contributed by atoms with E-state index in [-0.39, 0.29) is 5.91 Å². The monoisotopic (exact) mass is 238 g/mol. The third-order valence-corrected chi connectivity index (χ3v) is 3.04. The molecule has 0 spiro atoms. The van der Waals surface area contributed by atoms with Gasteiger partial charge in [0.25, 0.3) is 5.91 Å². The van der Waals surface area contributed by atoms with Crippen LogP contribution in [0.25, 0.3) is 0 Å². The molecule has 1 amide bonds. The molecule has 0 atom stereocenters. The van der Waals surface area contributed by atoms with Gasteiger partial charge in [-0.2, -0.15) is 0 Å². The molecular formula is C12H15ClN2O. The molecule has 0 N–H and O–H groups in total. The van der Waals surface area contributed by atoms with Crippen molar-refractivity contribution >= 4 is 17.5 Å². The third kappa shape index (κ3) is 2.35. The first-order valence-corrected chi connectivity index (χ1v) is 6.02. The number of aromatic nitrogens is 1. The standard InChI is InChI=1S/C12H15ClN2O/c1-2-7-15(9-3-4-9)12(16)10-8-14-6-5-11(10)13/h5-6,8-9H,2-4,7H2,1H3.